The number of hydrogen-bond donors (Lipinski definition) is 1. The zero-order valence-electron chi connectivity index (χ0n) is 19.9. The summed E-state index contributed by atoms with van der Waals surface area (Å²) in [5.74, 6) is -0.743. The molecule has 0 bridgehead atoms. The van der Waals surface area contributed by atoms with Crippen molar-refractivity contribution < 1.29 is 22.7 Å². The number of hydrogen-bond acceptors (Lipinski definition) is 6. The maximum Gasteiger partial charge on any atom is 0.433 e. The van der Waals surface area contributed by atoms with Crippen molar-refractivity contribution >= 4 is 17.3 Å². The second-order valence-electron chi connectivity index (χ2n) is 8.57. The predicted molar refractivity (Wildman–Crippen MR) is 132 cm³/mol. The number of aryl methyl sites for hydroxylation is 1. The van der Waals surface area contributed by atoms with E-state index in [9.17, 15) is 18.0 Å². The normalized spacial score (nSPS) is 14.0. The Balaban J connectivity index is 1.37. The zero-order valence-corrected chi connectivity index (χ0v) is 19.9. The number of carbonyl (C=O) groups excluding carboxylic acids is 1. The number of alkyl halides is 3. The molecule has 190 valence electrons. The van der Waals surface area contributed by atoms with Crippen molar-refractivity contribution in [3.63, 3.8) is 0 Å². The largest absolute Gasteiger partial charge is 0.433 e. The highest BCUT2D eigenvalue weighted by Gasteiger charge is 2.33. The van der Waals surface area contributed by atoms with E-state index in [0.717, 1.165) is 47.6 Å². The summed E-state index contributed by atoms with van der Waals surface area (Å²) in [7, 11) is 0. The molecule has 1 fully saturated rings. The van der Waals surface area contributed by atoms with Gasteiger partial charge in [0.25, 0.3) is 5.91 Å². The molecular formula is C26H23F3N6O2. The monoisotopic (exact) mass is 508 g/mol. The summed E-state index contributed by atoms with van der Waals surface area (Å²) in [6.45, 7) is 4.86. The van der Waals surface area contributed by atoms with Gasteiger partial charge in [-0.25, -0.2) is 9.67 Å². The number of rotatable bonds is 5. The minimum absolute atomic E-state index is 0.328. The van der Waals surface area contributed by atoms with Crippen LogP contribution in [0.4, 0.5) is 24.5 Å². The average molecular weight is 509 g/mol. The smallest absolute Gasteiger partial charge is 0.378 e. The molecule has 1 aliphatic rings. The summed E-state index contributed by atoms with van der Waals surface area (Å²) >= 11 is 0. The average Bonchev–Trinajstić information content (AvgIpc) is 3.40. The van der Waals surface area contributed by atoms with Crippen LogP contribution in [-0.2, 0) is 10.9 Å². The molecular weight excluding hydrogens is 485 g/mol. The Kier molecular flexibility index (Phi) is 6.62. The lowest BCUT2D eigenvalue weighted by Gasteiger charge is -2.28. The zero-order chi connectivity index (χ0) is 26.0. The van der Waals surface area contributed by atoms with E-state index in [0.29, 0.717) is 24.6 Å². The molecule has 4 heterocycles. The number of benzene rings is 1. The Morgan fingerprint density at radius 1 is 1.03 bits per heavy atom. The van der Waals surface area contributed by atoms with Gasteiger partial charge in [-0.05, 0) is 42.8 Å². The Morgan fingerprint density at radius 3 is 2.62 bits per heavy atom. The molecule has 0 atom stereocenters. The van der Waals surface area contributed by atoms with Crippen LogP contribution in [0.2, 0.25) is 0 Å². The number of anilines is 2. The van der Waals surface area contributed by atoms with Crippen LogP contribution in [-0.4, -0.2) is 52.0 Å². The maximum absolute atomic E-state index is 13.0. The Bertz CT molecular complexity index is 1430. The summed E-state index contributed by atoms with van der Waals surface area (Å²) < 4.78 is 46.0. The summed E-state index contributed by atoms with van der Waals surface area (Å²) in [5, 5.41) is 7.11. The molecule has 0 saturated carbocycles. The first kappa shape index (κ1) is 24.4. The lowest BCUT2D eigenvalue weighted by molar-refractivity contribution is -0.141. The number of aromatic nitrogens is 4. The third-order valence-corrected chi connectivity index (χ3v) is 6.00. The third-order valence-electron chi connectivity index (χ3n) is 6.00. The first-order valence-corrected chi connectivity index (χ1v) is 11.6. The molecule has 1 saturated heterocycles. The number of pyridine rings is 2. The Hall–Kier alpha value is -4.25. The summed E-state index contributed by atoms with van der Waals surface area (Å²) in [6.07, 6.45) is 2.56. The molecule has 0 spiro atoms. The molecule has 8 nitrogen and oxygen atoms in total. The molecule has 3 aromatic heterocycles. The molecule has 1 amide bonds. The van der Waals surface area contributed by atoms with Crippen LogP contribution in [0.15, 0.2) is 67.3 Å². The molecule has 4 aromatic rings. The highest BCUT2D eigenvalue weighted by Crippen LogP contribution is 2.28. The third kappa shape index (κ3) is 5.46. The molecule has 0 aliphatic carbocycles. The number of nitrogens with one attached hydrogen (secondary N) is 1. The van der Waals surface area contributed by atoms with E-state index in [1.165, 1.54) is 6.07 Å². The highest BCUT2D eigenvalue weighted by atomic mass is 19.4. The van der Waals surface area contributed by atoms with E-state index >= 15 is 0 Å². The van der Waals surface area contributed by atoms with Crippen molar-refractivity contribution in [1.29, 1.82) is 0 Å². The van der Waals surface area contributed by atoms with Crippen LogP contribution >= 0.6 is 0 Å². The van der Waals surface area contributed by atoms with Crippen molar-refractivity contribution in [2.75, 3.05) is 36.5 Å². The molecule has 1 N–H and O–H groups in total. The van der Waals surface area contributed by atoms with Gasteiger partial charge in [-0.15, -0.1) is 0 Å². The van der Waals surface area contributed by atoms with Gasteiger partial charge in [0, 0.05) is 42.3 Å². The number of nitrogens with zero attached hydrogens (tertiary/aromatic N) is 5. The number of halogens is 3. The number of morpholine rings is 1. The second-order valence-corrected chi connectivity index (χ2v) is 8.57. The van der Waals surface area contributed by atoms with Gasteiger partial charge in [0.05, 0.1) is 37.0 Å². The van der Waals surface area contributed by atoms with E-state index in [-0.39, 0.29) is 5.69 Å². The molecule has 1 aromatic carbocycles. The maximum atomic E-state index is 13.0. The second kappa shape index (κ2) is 10.0. The van der Waals surface area contributed by atoms with Gasteiger partial charge in [-0.3, -0.25) is 9.78 Å². The Morgan fingerprint density at radius 2 is 1.84 bits per heavy atom. The first-order valence-electron chi connectivity index (χ1n) is 11.6. The highest BCUT2D eigenvalue weighted by molar-refractivity contribution is 6.03. The lowest BCUT2D eigenvalue weighted by Crippen LogP contribution is -2.36. The van der Waals surface area contributed by atoms with E-state index < -0.39 is 17.8 Å². The SMILES string of the molecule is Cc1ccc(NC(=O)c2cccc(C(F)(F)F)n2)cc1-n1cc(-c2cncc(N3CCOCC3)c2)cn1. The van der Waals surface area contributed by atoms with Crippen LogP contribution in [0.5, 0.6) is 0 Å². The minimum atomic E-state index is -4.64. The van der Waals surface area contributed by atoms with Crippen molar-refractivity contribution in [2.24, 2.45) is 0 Å². The van der Waals surface area contributed by atoms with Gasteiger partial charge in [0.15, 0.2) is 0 Å². The Labute approximate surface area is 210 Å². The molecule has 1 aliphatic heterocycles. The lowest BCUT2D eigenvalue weighted by atomic mass is 10.1. The van der Waals surface area contributed by atoms with Gasteiger partial charge in [-0.2, -0.15) is 18.3 Å². The van der Waals surface area contributed by atoms with Crippen molar-refractivity contribution in [1.82, 2.24) is 19.7 Å². The summed E-state index contributed by atoms with van der Waals surface area (Å²) in [4.78, 5) is 22.7. The van der Waals surface area contributed by atoms with E-state index in [2.05, 4.69) is 31.3 Å². The minimum Gasteiger partial charge on any atom is -0.378 e. The standard InChI is InChI=1S/C26H23F3N6O2/c1-17-5-6-20(32-25(36)22-3-2-4-24(33-22)26(27,28)29)12-23(17)35-16-19(14-31-35)18-11-21(15-30-13-18)34-7-9-37-10-8-34/h2-6,11-16H,7-10H2,1H3,(H,32,36). The van der Waals surface area contributed by atoms with Crippen molar-refractivity contribution in [3.05, 3.63) is 84.2 Å². The molecule has 11 heteroatoms. The van der Waals surface area contributed by atoms with E-state index in [1.807, 2.05) is 19.3 Å². The van der Waals surface area contributed by atoms with E-state index in [4.69, 9.17) is 4.74 Å². The van der Waals surface area contributed by atoms with Crippen LogP contribution in [0.3, 0.4) is 0 Å². The van der Waals surface area contributed by atoms with Crippen LogP contribution in [0.1, 0.15) is 21.7 Å². The first-order chi connectivity index (χ1) is 17.8. The fourth-order valence-electron chi connectivity index (χ4n) is 4.03. The van der Waals surface area contributed by atoms with Crippen LogP contribution < -0.4 is 10.2 Å². The van der Waals surface area contributed by atoms with Gasteiger partial charge in [0.2, 0.25) is 0 Å². The predicted octanol–water partition coefficient (Wildman–Crippen LogP) is 4.75. The topological polar surface area (TPSA) is 85.2 Å². The number of ether oxygens (including phenoxy) is 1. The molecule has 0 unspecified atom stereocenters. The molecule has 5 rings (SSSR count). The van der Waals surface area contributed by atoms with Crippen LogP contribution in [0.25, 0.3) is 16.8 Å². The quantitative estimate of drug-likeness (QED) is 0.419. The summed E-state index contributed by atoms with van der Waals surface area (Å²) in [6, 6.07) is 10.4. The fraction of sp³-hybridized carbons (Fsp3) is 0.231. The van der Waals surface area contributed by atoms with Gasteiger partial charge >= 0.3 is 6.18 Å². The number of carbonyl (C=O) groups is 1. The van der Waals surface area contributed by atoms with Gasteiger partial charge in [-0.1, -0.05) is 12.1 Å². The summed E-state index contributed by atoms with van der Waals surface area (Å²) in [5.41, 5.74) is 3.34. The molecule has 37 heavy (non-hydrogen) atoms. The molecule has 0 radical (unpaired) electrons. The van der Waals surface area contributed by atoms with E-state index in [1.54, 1.807) is 35.3 Å². The van der Waals surface area contributed by atoms with Crippen molar-refractivity contribution in [3.8, 4) is 16.8 Å². The van der Waals surface area contributed by atoms with Gasteiger partial charge in [0.1, 0.15) is 11.4 Å². The van der Waals surface area contributed by atoms with Gasteiger partial charge < -0.3 is 15.0 Å². The number of amides is 1. The van der Waals surface area contributed by atoms with Crippen LogP contribution in [0, 0.1) is 6.92 Å². The fourth-order valence-corrected chi connectivity index (χ4v) is 4.03. The van der Waals surface area contributed by atoms with Crippen molar-refractivity contribution in [2.45, 2.75) is 13.1 Å².